The van der Waals surface area contributed by atoms with Gasteiger partial charge < -0.3 is 14.2 Å². The highest BCUT2D eigenvalue weighted by Gasteiger charge is 2.38. The number of rotatable bonds is 11. The number of ether oxygens (including phenoxy) is 3. The van der Waals surface area contributed by atoms with Gasteiger partial charge in [0.25, 0.3) is 0 Å². The molecule has 0 amide bonds. The minimum Gasteiger partial charge on any atom is -0.457 e. The number of carbonyl (C=O) groups excluding carboxylic acids is 2. The van der Waals surface area contributed by atoms with E-state index in [0.717, 1.165) is 23.1 Å². The van der Waals surface area contributed by atoms with Crippen LogP contribution in [0.25, 0.3) is 17.2 Å². The van der Waals surface area contributed by atoms with Gasteiger partial charge in [0.1, 0.15) is 11.5 Å². The standard InChI is InChI=1S/C33H35NO5/c1-23(2)20-33(5,24(3)4)32(36)38-22-37-29-15-11-27(12-16-29)28-13-17-30(18-14-28)39-31(35)19-10-25-6-8-26(21-34)9-7-25/h6-19,23-24H,20,22H2,1-5H3/b19-10+. The van der Waals surface area contributed by atoms with E-state index < -0.39 is 11.4 Å². The van der Waals surface area contributed by atoms with E-state index in [1.165, 1.54) is 6.08 Å². The third kappa shape index (κ3) is 8.31. The number of carbonyl (C=O) groups is 2. The van der Waals surface area contributed by atoms with Gasteiger partial charge in [-0.25, -0.2) is 4.79 Å². The molecular weight excluding hydrogens is 490 g/mol. The largest absolute Gasteiger partial charge is 0.457 e. The summed E-state index contributed by atoms with van der Waals surface area (Å²) in [5.41, 5.74) is 2.71. The topological polar surface area (TPSA) is 85.6 Å². The molecule has 0 bridgehead atoms. The molecule has 0 spiro atoms. The van der Waals surface area contributed by atoms with E-state index in [1.807, 2.05) is 57.2 Å². The molecule has 6 heteroatoms. The summed E-state index contributed by atoms with van der Waals surface area (Å²) in [6.45, 7) is 10.1. The second kappa shape index (κ2) is 13.4. The highest BCUT2D eigenvalue weighted by atomic mass is 16.7. The Morgan fingerprint density at radius 3 is 1.95 bits per heavy atom. The summed E-state index contributed by atoms with van der Waals surface area (Å²) in [6.07, 6.45) is 3.74. The first-order chi connectivity index (χ1) is 18.6. The van der Waals surface area contributed by atoms with Crippen LogP contribution in [-0.4, -0.2) is 18.7 Å². The monoisotopic (exact) mass is 525 g/mol. The Morgan fingerprint density at radius 2 is 1.44 bits per heavy atom. The van der Waals surface area contributed by atoms with Gasteiger partial charge in [0.2, 0.25) is 6.79 Å². The van der Waals surface area contributed by atoms with Crippen molar-refractivity contribution < 1.29 is 23.8 Å². The second-order valence-corrected chi connectivity index (χ2v) is 10.4. The summed E-state index contributed by atoms with van der Waals surface area (Å²) in [7, 11) is 0. The van der Waals surface area contributed by atoms with Gasteiger partial charge in [-0.05, 0) is 84.3 Å². The first-order valence-corrected chi connectivity index (χ1v) is 13.0. The van der Waals surface area contributed by atoms with E-state index in [-0.39, 0.29) is 18.7 Å². The SMILES string of the molecule is CC(C)CC(C)(C(=O)OCOc1ccc(-c2ccc(OC(=O)/C=C/c3ccc(C#N)cc3)cc2)cc1)C(C)C. The van der Waals surface area contributed by atoms with Crippen molar-refractivity contribution >= 4 is 18.0 Å². The predicted molar refractivity (Wildman–Crippen MR) is 152 cm³/mol. The van der Waals surface area contributed by atoms with Crippen LogP contribution in [0.5, 0.6) is 11.5 Å². The van der Waals surface area contributed by atoms with Crippen molar-refractivity contribution in [3.05, 3.63) is 90.0 Å². The zero-order valence-electron chi connectivity index (χ0n) is 23.1. The van der Waals surface area contributed by atoms with E-state index in [4.69, 9.17) is 19.5 Å². The van der Waals surface area contributed by atoms with Crippen molar-refractivity contribution in [3.8, 4) is 28.7 Å². The number of nitrogens with zero attached hydrogens (tertiary/aromatic N) is 1. The average Bonchev–Trinajstić information content (AvgIpc) is 2.92. The number of esters is 2. The normalized spacial score (nSPS) is 12.7. The smallest absolute Gasteiger partial charge is 0.336 e. The fourth-order valence-electron chi connectivity index (χ4n) is 4.16. The lowest BCUT2D eigenvalue weighted by atomic mass is 9.73. The number of hydrogen-bond donors (Lipinski definition) is 0. The van der Waals surface area contributed by atoms with Crippen LogP contribution >= 0.6 is 0 Å². The summed E-state index contributed by atoms with van der Waals surface area (Å²) in [5.74, 6) is 0.839. The zero-order valence-corrected chi connectivity index (χ0v) is 23.1. The van der Waals surface area contributed by atoms with Gasteiger partial charge in [0.15, 0.2) is 0 Å². The molecule has 0 aliphatic heterocycles. The molecule has 3 rings (SSSR count). The highest BCUT2D eigenvalue weighted by molar-refractivity contribution is 5.88. The molecule has 0 N–H and O–H groups in total. The Hall–Kier alpha value is -4.37. The second-order valence-electron chi connectivity index (χ2n) is 10.4. The van der Waals surface area contributed by atoms with E-state index in [2.05, 4.69) is 19.9 Å². The molecule has 0 saturated heterocycles. The highest BCUT2D eigenvalue weighted by Crippen LogP contribution is 2.35. The molecule has 0 radical (unpaired) electrons. The van der Waals surface area contributed by atoms with Crippen LogP contribution in [0.3, 0.4) is 0 Å². The maximum Gasteiger partial charge on any atom is 0.336 e. The first kappa shape index (κ1) is 29.2. The minimum atomic E-state index is -0.552. The number of benzene rings is 3. The Morgan fingerprint density at radius 1 is 0.872 bits per heavy atom. The molecule has 1 unspecified atom stereocenters. The lowest BCUT2D eigenvalue weighted by Crippen LogP contribution is -2.37. The van der Waals surface area contributed by atoms with Gasteiger partial charge in [-0.1, -0.05) is 64.1 Å². The van der Waals surface area contributed by atoms with Crippen molar-refractivity contribution in [2.75, 3.05) is 6.79 Å². The van der Waals surface area contributed by atoms with Crippen molar-refractivity contribution in [1.82, 2.24) is 0 Å². The van der Waals surface area contributed by atoms with Crippen molar-refractivity contribution in [2.24, 2.45) is 17.3 Å². The van der Waals surface area contributed by atoms with Crippen LogP contribution in [0.4, 0.5) is 0 Å². The molecule has 0 saturated carbocycles. The molecule has 6 nitrogen and oxygen atoms in total. The van der Waals surface area contributed by atoms with E-state index >= 15 is 0 Å². The molecule has 3 aromatic carbocycles. The summed E-state index contributed by atoms with van der Waals surface area (Å²) >= 11 is 0. The molecule has 3 aromatic rings. The van der Waals surface area contributed by atoms with Crippen LogP contribution in [0.2, 0.25) is 0 Å². The van der Waals surface area contributed by atoms with Gasteiger partial charge in [-0.3, -0.25) is 4.79 Å². The van der Waals surface area contributed by atoms with Crippen LogP contribution in [0.15, 0.2) is 78.9 Å². The fourth-order valence-corrected chi connectivity index (χ4v) is 4.16. The van der Waals surface area contributed by atoms with Crippen LogP contribution in [0.1, 0.15) is 52.2 Å². The van der Waals surface area contributed by atoms with Gasteiger partial charge >= 0.3 is 11.9 Å². The van der Waals surface area contributed by atoms with Crippen LogP contribution < -0.4 is 9.47 Å². The molecule has 1 atom stereocenters. The van der Waals surface area contributed by atoms with Gasteiger partial charge in [-0.15, -0.1) is 0 Å². The Balaban J connectivity index is 1.51. The predicted octanol–water partition coefficient (Wildman–Crippen LogP) is 7.43. The summed E-state index contributed by atoms with van der Waals surface area (Å²) in [6, 6.07) is 23.6. The van der Waals surface area contributed by atoms with Gasteiger partial charge in [-0.2, -0.15) is 5.26 Å². The Bertz CT molecular complexity index is 1320. The van der Waals surface area contributed by atoms with Crippen molar-refractivity contribution in [2.45, 2.75) is 41.0 Å². The average molecular weight is 526 g/mol. The number of hydrogen-bond acceptors (Lipinski definition) is 6. The third-order valence-electron chi connectivity index (χ3n) is 6.70. The summed E-state index contributed by atoms with van der Waals surface area (Å²) < 4.78 is 16.5. The lowest BCUT2D eigenvalue weighted by molar-refractivity contribution is -0.165. The van der Waals surface area contributed by atoms with Crippen molar-refractivity contribution in [3.63, 3.8) is 0 Å². The van der Waals surface area contributed by atoms with Gasteiger partial charge in [0.05, 0.1) is 17.0 Å². The van der Waals surface area contributed by atoms with Crippen LogP contribution in [0, 0.1) is 28.6 Å². The lowest BCUT2D eigenvalue weighted by Gasteiger charge is -2.32. The molecule has 202 valence electrons. The quantitative estimate of drug-likeness (QED) is 0.112. The Labute approximate surface area is 230 Å². The molecule has 0 aliphatic rings. The molecule has 39 heavy (non-hydrogen) atoms. The maximum absolute atomic E-state index is 12.7. The molecule has 0 aromatic heterocycles. The molecule has 0 fully saturated rings. The minimum absolute atomic E-state index is 0.141. The van der Waals surface area contributed by atoms with E-state index in [1.54, 1.807) is 42.5 Å². The third-order valence-corrected chi connectivity index (χ3v) is 6.70. The van der Waals surface area contributed by atoms with Gasteiger partial charge in [0, 0.05) is 6.08 Å². The van der Waals surface area contributed by atoms with Crippen molar-refractivity contribution in [1.29, 1.82) is 5.26 Å². The van der Waals surface area contributed by atoms with E-state index in [9.17, 15) is 9.59 Å². The Kier molecular flexibility index (Phi) is 10.1. The maximum atomic E-state index is 12.7. The summed E-state index contributed by atoms with van der Waals surface area (Å²) in [4.78, 5) is 24.9. The summed E-state index contributed by atoms with van der Waals surface area (Å²) in [5, 5.41) is 8.86. The van der Waals surface area contributed by atoms with Crippen LogP contribution in [-0.2, 0) is 14.3 Å². The molecule has 0 aliphatic carbocycles. The van der Waals surface area contributed by atoms with E-state index in [0.29, 0.717) is 23.0 Å². The zero-order chi connectivity index (χ0) is 28.4. The number of nitriles is 1. The first-order valence-electron chi connectivity index (χ1n) is 13.0. The fraction of sp³-hybridized carbons (Fsp3) is 0.303. The molecular formula is C33H35NO5. The molecule has 0 heterocycles.